The van der Waals surface area contributed by atoms with Crippen LogP contribution in [0.15, 0.2) is 24.3 Å². The van der Waals surface area contributed by atoms with Crippen molar-refractivity contribution in [2.45, 2.75) is 32.1 Å². The number of hydrogen-bond donors (Lipinski definition) is 2. The molecule has 0 atom stereocenters. The molecule has 5 heteroatoms. The molecule has 0 saturated heterocycles. The molecule has 104 valence electrons. The van der Waals surface area contributed by atoms with Crippen molar-refractivity contribution >= 4 is 11.9 Å². The van der Waals surface area contributed by atoms with Gasteiger partial charge in [-0.05, 0) is 38.0 Å². The summed E-state index contributed by atoms with van der Waals surface area (Å²) in [7, 11) is 0. The van der Waals surface area contributed by atoms with Crippen molar-refractivity contribution in [3.05, 3.63) is 35.6 Å². The predicted molar refractivity (Wildman–Crippen MR) is 69.3 cm³/mol. The largest absolute Gasteiger partial charge is 0.481 e. The Morgan fingerprint density at radius 1 is 1.26 bits per heavy atom. The molecule has 0 fully saturated rings. The average molecular weight is 267 g/mol. The number of hydrogen-bond acceptors (Lipinski definition) is 2. The van der Waals surface area contributed by atoms with E-state index in [2.05, 4.69) is 5.32 Å². The van der Waals surface area contributed by atoms with Crippen LogP contribution in [0.3, 0.4) is 0 Å². The lowest BCUT2D eigenvalue weighted by Crippen LogP contribution is -2.40. The van der Waals surface area contributed by atoms with E-state index in [1.165, 1.54) is 12.1 Å². The summed E-state index contributed by atoms with van der Waals surface area (Å²) in [5.41, 5.74) is -0.0682. The Morgan fingerprint density at radius 2 is 1.84 bits per heavy atom. The molecular formula is C14H18FNO3. The van der Waals surface area contributed by atoms with Crippen LogP contribution in [0.1, 0.15) is 32.3 Å². The number of rotatable bonds is 6. The standard InChI is InChI=1S/C14H18FNO3/c1-14(2,10-5-7-11(15)8-6-10)13(19)16-9-3-4-12(17)18/h5-8H,3-4,9H2,1-2H3,(H,16,19)(H,17,18). The van der Waals surface area contributed by atoms with Crippen LogP contribution in [0.4, 0.5) is 4.39 Å². The molecule has 0 aromatic heterocycles. The van der Waals surface area contributed by atoms with E-state index < -0.39 is 11.4 Å². The van der Waals surface area contributed by atoms with Gasteiger partial charge in [-0.25, -0.2) is 4.39 Å². The second-order valence-electron chi connectivity index (χ2n) is 4.89. The molecular weight excluding hydrogens is 249 g/mol. The third-order valence-corrected chi connectivity index (χ3v) is 2.99. The van der Waals surface area contributed by atoms with Crippen LogP contribution in [0.25, 0.3) is 0 Å². The Kier molecular flexibility index (Phi) is 5.03. The lowest BCUT2D eigenvalue weighted by molar-refractivity contribution is -0.137. The predicted octanol–water partition coefficient (Wildman–Crippen LogP) is 2.08. The first kappa shape index (κ1) is 15.1. The van der Waals surface area contributed by atoms with Crippen LogP contribution in [0.5, 0.6) is 0 Å². The first-order valence-corrected chi connectivity index (χ1v) is 6.10. The molecule has 0 saturated carbocycles. The van der Waals surface area contributed by atoms with E-state index in [1.807, 2.05) is 0 Å². The van der Waals surface area contributed by atoms with Crippen molar-refractivity contribution < 1.29 is 19.1 Å². The zero-order chi connectivity index (χ0) is 14.5. The third-order valence-electron chi connectivity index (χ3n) is 2.99. The molecule has 0 aliphatic heterocycles. The molecule has 19 heavy (non-hydrogen) atoms. The lowest BCUT2D eigenvalue weighted by atomic mass is 9.83. The van der Waals surface area contributed by atoms with Gasteiger partial charge in [-0.15, -0.1) is 0 Å². The number of carbonyl (C=O) groups excluding carboxylic acids is 1. The molecule has 1 amide bonds. The molecule has 4 nitrogen and oxygen atoms in total. The Labute approximate surface area is 111 Å². The van der Waals surface area contributed by atoms with E-state index in [0.717, 1.165) is 0 Å². The van der Waals surface area contributed by atoms with Crippen LogP contribution in [0, 0.1) is 5.82 Å². The van der Waals surface area contributed by atoms with E-state index >= 15 is 0 Å². The van der Waals surface area contributed by atoms with Gasteiger partial charge in [-0.3, -0.25) is 9.59 Å². The second kappa shape index (κ2) is 6.31. The number of carboxylic acids is 1. The van der Waals surface area contributed by atoms with Gasteiger partial charge in [0.05, 0.1) is 5.41 Å². The van der Waals surface area contributed by atoms with Gasteiger partial charge < -0.3 is 10.4 Å². The normalized spacial score (nSPS) is 11.1. The van der Waals surface area contributed by atoms with E-state index in [4.69, 9.17) is 5.11 Å². The Bertz CT molecular complexity index is 454. The van der Waals surface area contributed by atoms with Crippen molar-refractivity contribution in [1.82, 2.24) is 5.32 Å². The monoisotopic (exact) mass is 267 g/mol. The van der Waals surface area contributed by atoms with Crippen LogP contribution in [-0.4, -0.2) is 23.5 Å². The zero-order valence-electron chi connectivity index (χ0n) is 11.1. The topological polar surface area (TPSA) is 66.4 Å². The summed E-state index contributed by atoms with van der Waals surface area (Å²) in [5.74, 6) is -1.43. The fourth-order valence-corrected chi connectivity index (χ4v) is 1.66. The summed E-state index contributed by atoms with van der Waals surface area (Å²) in [6.07, 6.45) is 0.415. The molecule has 0 radical (unpaired) electrons. The highest BCUT2D eigenvalue weighted by atomic mass is 19.1. The number of nitrogens with one attached hydrogen (secondary N) is 1. The molecule has 0 aliphatic rings. The summed E-state index contributed by atoms with van der Waals surface area (Å²) in [6, 6.07) is 5.78. The van der Waals surface area contributed by atoms with E-state index in [1.54, 1.807) is 26.0 Å². The highest BCUT2D eigenvalue weighted by Crippen LogP contribution is 2.23. The summed E-state index contributed by atoms with van der Waals surface area (Å²) < 4.78 is 12.8. The fraction of sp³-hybridized carbons (Fsp3) is 0.429. The van der Waals surface area contributed by atoms with E-state index in [9.17, 15) is 14.0 Å². The molecule has 0 bridgehead atoms. The van der Waals surface area contributed by atoms with Gasteiger partial charge >= 0.3 is 5.97 Å². The molecule has 0 aliphatic carbocycles. The Hall–Kier alpha value is -1.91. The first-order valence-electron chi connectivity index (χ1n) is 6.10. The summed E-state index contributed by atoms with van der Waals surface area (Å²) in [6.45, 7) is 3.80. The molecule has 1 aromatic carbocycles. The molecule has 2 N–H and O–H groups in total. The maximum Gasteiger partial charge on any atom is 0.303 e. The van der Waals surface area contributed by atoms with Gasteiger partial charge in [0.15, 0.2) is 0 Å². The number of amides is 1. The number of halogens is 1. The molecule has 0 spiro atoms. The van der Waals surface area contributed by atoms with Gasteiger partial charge in [0.2, 0.25) is 5.91 Å². The van der Waals surface area contributed by atoms with Gasteiger partial charge in [-0.2, -0.15) is 0 Å². The fourth-order valence-electron chi connectivity index (χ4n) is 1.66. The molecule has 1 rings (SSSR count). The minimum atomic E-state index is -0.882. The third kappa shape index (κ3) is 4.35. The van der Waals surface area contributed by atoms with Crippen LogP contribution < -0.4 is 5.32 Å². The molecule has 1 aromatic rings. The van der Waals surface area contributed by atoms with E-state index in [0.29, 0.717) is 18.5 Å². The number of carbonyl (C=O) groups is 2. The maximum atomic E-state index is 12.8. The number of carboxylic acid groups (broad SMARTS) is 1. The summed E-state index contributed by atoms with van der Waals surface area (Å²) in [5, 5.41) is 11.2. The highest BCUT2D eigenvalue weighted by molar-refractivity contribution is 5.87. The highest BCUT2D eigenvalue weighted by Gasteiger charge is 2.29. The quantitative estimate of drug-likeness (QED) is 0.775. The van der Waals surface area contributed by atoms with Gasteiger partial charge in [0, 0.05) is 13.0 Å². The van der Waals surface area contributed by atoms with Crippen LogP contribution in [-0.2, 0) is 15.0 Å². The SMILES string of the molecule is CC(C)(C(=O)NCCCC(=O)O)c1ccc(F)cc1. The van der Waals surface area contributed by atoms with Crippen molar-refractivity contribution in [3.63, 3.8) is 0 Å². The zero-order valence-corrected chi connectivity index (χ0v) is 11.1. The smallest absolute Gasteiger partial charge is 0.303 e. The van der Waals surface area contributed by atoms with E-state index in [-0.39, 0.29) is 18.1 Å². The molecule has 0 unspecified atom stereocenters. The number of aliphatic carboxylic acids is 1. The lowest BCUT2D eigenvalue weighted by Gasteiger charge is -2.24. The summed E-state index contributed by atoms with van der Waals surface area (Å²) in [4.78, 5) is 22.4. The van der Waals surface area contributed by atoms with Crippen molar-refractivity contribution in [1.29, 1.82) is 0 Å². The second-order valence-corrected chi connectivity index (χ2v) is 4.89. The van der Waals surface area contributed by atoms with Crippen molar-refractivity contribution in [3.8, 4) is 0 Å². The Balaban J connectivity index is 2.58. The summed E-state index contributed by atoms with van der Waals surface area (Å²) >= 11 is 0. The minimum absolute atomic E-state index is 0.0251. The minimum Gasteiger partial charge on any atom is -0.481 e. The van der Waals surface area contributed by atoms with Gasteiger partial charge in [-0.1, -0.05) is 12.1 Å². The van der Waals surface area contributed by atoms with Gasteiger partial charge in [0.25, 0.3) is 0 Å². The Morgan fingerprint density at radius 3 is 2.37 bits per heavy atom. The first-order chi connectivity index (χ1) is 8.84. The van der Waals surface area contributed by atoms with Crippen molar-refractivity contribution in [2.75, 3.05) is 6.54 Å². The van der Waals surface area contributed by atoms with Crippen LogP contribution in [0.2, 0.25) is 0 Å². The average Bonchev–Trinajstić information content (AvgIpc) is 2.34. The van der Waals surface area contributed by atoms with Crippen LogP contribution >= 0.6 is 0 Å². The van der Waals surface area contributed by atoms with Crippen molar-refractivity contribution in [2.24, 2.45) is 0 Å². The number of benzene rings is 1. The van der Waals surface area contributed by atoms with Gasteiger partial charge in [0.1, 0.15) is 5.82 Å². The maximum absolute atomic E-state index is 12.8. The molecule has 0 heterocycles.